The maximum absolute atomic E-state index is 13.8. The van der Waals surface area contributed by atoms with E-state index in [0.717, 1.165) is 54.9 Å². The van der Waals surface area contributed by atoms with Crippen LogP contribution < -0.4 is 27.0 Å². The van der Waals surface area contributed by atoms with Gasteiger partial charge in [-0.05, 0) is 60.1 Å². The third kappa shape index (κ3) is 3.47. The van der Waals surface area contributed by atoms with Gasteiger partial charge in [-0.15, -0.1) is 0 Å². The summed E-state index contributed by atoms with van der Waals surface area (Å²) in [5.74, 6) is 0.704. The Labute approximate surface area is 208 Å². The summed E-state index contributed by atoms with van der Waals surface area (Å²) in [6.45, 7) is 3.95. The van der Waals surface area contributed by atoms with Crippen LogP contribution in [0.3, 0.4) is 0 Å². The van der Waals surface area contributed by atoms with Crippen molar-refractivity contribution in [2.45, 2.75) is 38.1 Å². The monoisotopic (exact) mass is 488 g/mol. The molecular weight excluding hydrogens is 459 g/mol. The third-order valence-electron chi connectivity index (χ3n) is 8.10. The molecule has 3 aliphatic rings. The molecule has 36 heavy (non-hydrogen) atoms. The molecule has 9 nitrogen and oxygen atoms in total. The number of piperidine rings is 1. The van der Waals surface area contributed by atoms with Crippen LogP contribution >= 0.6 is 0 Å². The second kappa shape index (κ2) is 8.12. The Kier molecular flexibility index (Phi) is 5.11. The number of pyridine rings is 1. The topological polar surface area (TPSA) is 140 Å². The second-order valence-electron chi connectivity index (χ2n) is 10.3. The lowest BCUT2D eigenvalue weighted by molar-refractivity contribution is 0.0984. The summed E-state index contributed by atoms with van der Waals surface area (Å²) >= 11 is 0. The van der Waals surface area contributed by atoms with E-state index in [1.165, 1.54) is 6.07 Å². The van der Waals surface area contributed by atoms with E-state index in [9.17, 15) is 9.18 Å². The Morgan fingerprint density at radius 2 is 1.92 bits per heavy atom. The summed E-state index contributed by atoms with van der Waals surface area (Å²) in [5, 5.41) is 0. The first-order valence-electron chi connectivity index (χ1n) is 12.3. The van der Waals surface area contributed by atoms with E-state index in [2.05, 4.69) is 19.9 Å². The quantitative estimate of drug-likeness (QED) is 0.500. The van der Waals surface area contributed by atoms with Crippen molar-refractivity contribution in [1.82, 2.24) is 15.0 Å². The Morgan fingerprint density at radius 1 is 1.14 bits per heavy atom. The first-order valence-corrected chi connectivity index (χ1v) is 12.3. The number of amides is 1. The highest BCUT2D eigenvalue weighted by Crippen LogP contribution is 2.51. The molecule has 1 saturated heterocycles. The van der Waals surface area contributed by atoms with Gasteiger partial charge >= 0.3 is 0 Å². The van der Waals surface area contributed by atoms with Crippen molar-refractivity contribution in [3.63, 3.8) is 0 Å². The largest absolute Gasteiger partial charge is 0.384 e. The molecule has 1 amide bonds. The molecule has 0 saturated carbocycles. The molecule has 1 spiro atoms. The fraction of sp³-hybridized carbons (Fsp3) is 0.385. The maximum atomic E-state index is 13.8. The van der Waals surface area contributed by atoms with Crippen molar-refractivity contribution in [2.75, 3.05) is 40.9 Å². The van der Waals surface area contributed by atoms with E-state index >= 15 is 0 Å². The van der Waals surface area contributed by atoms with Crippen molar-refractivity contribution in [1.29, 1.82) is 0 Å². The summed E-state index contributed by atoms with van der Waals surface area (Å²) in [4.78, 5) is 30.4. The summed E-state index contributed by atoms with van der Waals surface area (Å²) in [7, 11) is 0. The number of hydrogen-bond donors (Lipinski definition) is 3. The molecule has 2 aliphatic heterocycles. The molecule has 1 aromatic carbocycles. The van der Waals surface area contributed by atoms with Crippen molar-refractivity contribution in [2.24, 2.45) is 11.1 Å². The van der Waals surface area contributed by atoms with Crippen LogP contribution in [0.5, 0.6) is 0 Å². The molecule has 10 heteroatoms. The fourth-order valence-electron chi connectivity index (χ4n) is 6.08. The summed E-state index contributed by atoms with van der Waals surface area (Å²) in [6, 6.07) is 8.31. The zero-order valence-corrected chi connectivity index (χ0v) is 20.1. The van der Waals surface area contributed by atoms with Crippen molar-refractivity contribution in [3.8, 4) is 0 Å². The van der Waals surface area contributed by atoms with E-state index in [1.54, 1.807) is 29.3 Å². The van der Waals surface area contributed by atoms with Gasteiger partial charge in [0.1, 0.15) is 17.5 Å². The van der Waals surface area contributed by atoms with Gasteiger partial charge in [0, 0.05) is 31.6 Å². The van der Waals surface area contributed by atoms with Crippen LogP contribution in [-0.4, -0.2) is 40.5 Å². The van der Waals surface area contributed by atoms with E-state index in [4.69, 9.17) is 17.2 Å². The molecule has 6 N–H and O–H groups in total. The number of aromatic nitrogens is 3. The number of hydrogen-bond acceptors (Lipinski definition) is 8. The van der Waals surface area contributed by atoms with E-state index in [1.807, 2.05) is 13.0 Å². The third-order valence-corrected chi connectivity index (χ3v) is 8.10. The minimum atomic E-state index is -0.303. The second-order valence-corrected chi connectivity index (χ2v) is 10.3. The van der Waals surface area contributed by atoms with Gasteiger partial charge in [-0.1, -0.05) is 13.0 Å². The predicted octanol–water partition coefficient (Wildman–Crippen LogP) is 2.78. The summed E-state index contributed by atoms with van der Waals surface area (Å²) in [5.41, 5.74) is 22.3. The molecule has 1 aliphatic carbocycles. The van der Waals surface area contributed by atoms with Crippen LogP contribution in [0, 0.1) is 11.2 Å². The standard InChI is InChI=1S/C26H29FN8O/c1-14-13-35(18-4-5-19(28)32-21(14)18)25(36)22-24(30)33-20(12-31-22)34-8-6-26(7-9-34)11-15-10-16(27)2-3-17(15)23(26)29/h2-5,10,12,14,23H,6-9,11,13,29H2,1H3,(H2,28,32)(H2,30,33)/t14?,23-/m1/s1. The average molecular weight is 489 g/mol. The van der Waals surface area contributed by atoms with Crippen LogP contribution in [0.15, 0.2) is 36.5 Å². The Hall–Kier alpha value is -3.79. The molecule has 3 aromatic rings. The minimum Gasteiger partial charge on any atom is -0.384 e. The Bertz CT molecular complexity index is 1370. The minimum absolute atomic E-state index is 0.0613. The summed E-state index contributed by atoms with van der Waals surface area (Å²) in [6.07, 6.45) is 4.10. The number of anilines is 4. The van der Waals surface area contributed by atoms with Gasteiger partial charge in [-0.25, -0.2) is 19.3 Å². The SMILES string of the molecule is CC1CN(C(=O)c2ncc(N3CCC4(CC3)Cc3cc(F)ccc3[C@H]4N)nc2N)c2ccc(N)nc21. The van der Waals surface area contributed by atoms with Crippen LogP contribution in [0.4, 0.5) is 27.5 Å². The number of nitrogens with two attached hydrogens (primary N) is 3. The molecule has 2 atom stereocenters. The van der Waals surface area contributed by atoms with Crippen LogP contribution in [0.2, 0.25) is 0 Å². The molecule has 4 heterocycles. The highest BCUT2D eigenvalue weighted by molar-refractivity contribution is 6.08. The fourth-order valence-corrected chi connectivity index (χ4v) is 6.08. The molecule has 6 rings (SSSR count). The van der Waals surface area contributed by atoms with Gasteiger partial charge in [0.2, 0.25) is 0 Å². The number of carbonyl (C=O) groups is 1. The smallest absolute Gasteiger partial charge is 0.280 e. The Morgan fingerprint density at radius 3 is 2.67 bits per heavy atom. The zero-order chi connectivity index (χ0) is 25.2. The lowest BCUT2D eigenvalue weighted by Gasteiger charge is -2.42. The molecule has 0 radical (unpaired) electrons. The molecular formula is C26H29FN8O. The van der Waals surface area contributed by atoms with Crippen LogP contribution in [0.1, 0.15) is 59.0 Å². The number of benzene rings is 1. The number of halogens is 1. The molecule has 186 valence electrons. The van der Waals surface area contributed by atoms with Crippen molar-refractivity contribution in [3.05, 3.63) is 64.9 Å². The number of rotatable bonds is 2. The van der Waals surface area contributed by atoms with E-state index in [-0.39, 0.29) is 40.6 Å². The van der Waals surface area contributed by atoms with Crippen LogP contribution in [-0.2, 0) is 6.42 Å². The number of fused-ring (bicyclic) bond motifs is 2. The van der Waals surface area contributed by atoms with Gasteiger partial charge in [-0.2, -0.15) is 0 Å². The lowest BCUT2D eigenvalue weighted by Crippen LogP contribution is -2.44. The zero-order valence-electron chi connectivity index (χ0n) is 20.1. The van der Waals surface area contributed by atoms with E-state index in [0.29, 0.717) is 18.2 Å². The van der Waals surface area contributed by atoms with Gasteiger partial charge < -0.3 is 27.0 Å². The van der Waals surface area contributed by atoms with E-state index < -0.39 is 0 Å². The van der Waals surface area contributed by atoms with Gasteiger partial charge in [0.15, 0.2) is 11.5 Å². The highest BCUT2D eigenvalue weighted by atomic mass is 19.1. The first kappa shape index (κ1) is 22.7. The normalized spacial score (nSPS) is 22.1. The predicted molar refractivity (Wildman–Crippen MR) is 136 cm³/mol. The average Bonchev–Trinajstić information content (AvgIpc) is 3.32. The highest BCUT2D eigenvalue weighted by Gasteiger charge is 2.46. The molecule has 1 unspecified atom stereocenters. The lowest BCUT2D eigenvalue weighted by atomic mass is 9.73. The van der Waals surface area contributed by atoms with Crippen LogP contribution in [0.25, 0.3) is 0 Å². The number of carbonyl (C=O) groups excluding carboxylic acids is 1. The van der Waals surface area contributed by atoms with Gasteiger partial charge in [0.05, 0.1) is 17.6 Å². The Balaban J connectivity index is 1.18. The van der Waals surface area contributed by atoms with Crippen molar-refractivity contribution >= 4 is 29.0 Å². The number of nitrogens with zero attached hydrogens (tertiary/aromatic N) is 5. The molecule has 1 fully saturated rings. The summed E-state index contributed by atoms with van der Waals surface area (Å²) < 4.78 is 13.8. The maximum Gasteiger partial charge on any atom is 0.280 e. The molecule has 2 aromatic heterocycles. The van der Waals surface area contributed by atoms with Gasteiger partial charge in [0.25, 0.3) is 5.91 Å². The number of nitrogen functional groups attached to an aromatic ring is 2. The van der Waals surface area contributed by atoms with Gasteiger partial charge in [-0.3, -0.25) is 4.79 Å². The molecule has 0 bridgehead atoms. The van der Waals surface area contributed by atoms with Crippen molar-refractivity contribution < 1.29 is 9.18 Å². The first-order chi connectivity index (χ1) is 17.3.